The van der Waals surface area contributed by atoms with Crippen LogP contribution in [0.15, 0.2) is 41.9 Å². The van der Waals surface area contributed by atoms with Crippen LogP contribution in [0.4, 0.5) is 0 Å². The van der Waals surface area contributed by atoms with Gasteiger partial charge in [0.2, 0.25) is 0 Å². The molecule has 0 radical (unpaired) electrons. The second-order valence-corrected chi connectivity index (χ2v) is 4.76. The Balaban J connectivity index is 0.00000441. The van der Waals surface area contributed by atoms with Gasteiger partial charge in [0.05, 0.1) is 6.61 Å². The van der Waals surface area contributed by atoms with Crippen LogP contribution in [0.2, 0.25) is 0 Å². The third-order valence-electron chi connectivity index (χ3n) is 3.03. The van der Waals surface area contributed by atoms with E-state index in [-0.39, 0.29) is 24.0 Å². The number of rotatable bonds is 9. The Hall–Kier alpha value is -1.24. The normalized spacial score (nSPS) is 10.5. The summed E-state index contributed by atoms with van der Waals surface area (Å²) in [5, 5.41) is 6.41. The predicted octanol–water partition coefficient (Wildman–Crippen LogP) is 3.38. The predicted molar refractivity (Wildman–Crippen MR) is 106 cm³/mol. The SMILES string of the molecule is C=CCNC(=NC)NCCc1ccc(OCCCC)cc1.I. The fourth-order valence-corrected chi connectivity index (χ4v) is 1.80. The van der Waals surface area contributed by atoms with Crippen molar-refractivity contribution in [1.82, 2.24) is 10.6 Å². The van der Waals surface area contributed by atoms with Crippen molar-refractivity contribution < 1.29 is 4.74 Å². The van der Waals surface area contributed by atoms with Crippen LogP contribution in [0.1, 0.15) is 25.3 Å². The molecular weight excluding hydrogens is 389 g/mol. The van der Waals surface area contributed by atoms with Crippen LogP contribution in [0.3, 0.4) is 0 Å². The first-order chi connectivity index (χ1) is 10.3. The summed E-state index contributed by atoms with van der Waals surface area (Å²) < 4.78 is 5.65. The molecule has 0 bridgehead atoms. The van der Waals surface area contributed by atoms with E-state index in [0.29, 0.717) is 6.54 Å². The summed E-state index contributed by atoms with van der Waals surface area (Å²) in [5.41, 5.74) is 1.28. The van der Waals surface area contributed by atoms with Gasteiger partial charge in [-0.1, -0.05) is 31.6 Å². The molecule has 0 aliphatic carbocycles. The largest absolute Gasteiger partial charge is 0.494 e. The minimum Gasteiger partial charge on any atom is -0.494 e. The number of benzene rings is 1. The molecule has 0 heterocycles. The smallest absolute Gasteiger partial charge is 0.191 e. The zero-order chi connectivity index (χ0) is 15.3. The maximum absolute atomic E-state index is 5.65. The Morgan fingerprint density at radius 3 is 2.59 bits per heavy atom. The van der Waals surface area contributed by atoms with Gasteiger partial charge in [-0.15, -0.1) is 30.6 Å². The standard InChI is InChI=1S/C17H27N3O.HI/c1-4-6-14-21-16-9-7-15(8-10-16)11-13-20-17(18-3)19-12-5-2;/h5,7-10H,2,4,6,11-14H2,1,3H3,(H2,18,19,20);1H. The average Bonchev–Trinajstić information content (AvgIpc) is 2.52. The Bertz CT molecular complexity index is 432. The lowest BCUT2D eigenvalue weighted by molar-refractivity contribution is 0.309. The minimum absolute atomic E-state index is 0. The second-order valence-electron chi connectivity index (χ2n) is 4.76. The molecule has 0 spiro atoms. The molecule has 5 heteroatoms. The van der Waals surface area contributed by atoms with Gasteiger partial charge in [0, 0.05) is 20.1 Å². The van der Waals surface area contributed by atoms with Gasteiger partial charge in [0.1, 0.15) is 5.75 Å². The number of halogens is 1. The molecule has 22 heavy (non-hydrogen) atoms. The van der Waals surface area contributed by atoms with Crippen molar-refractivity contribution in [1.29, 1.82) is 0 Å². The number of aliphatic imine (C=N–C) groups is 1. The van der Waals surface area contributed by atoms with Crippen molar-refractivity contribution in [2.24, 2.45) is 4.99 Å². The Labute approximate surface area is 151 Å². The average molecular weight is 417 g/mol. The summed E-state index contributed by atoms with van der Waals surface area (Å²) >= 11 is 0. The van der Waals surface area contributed by atoms with E-state index in [2.05, 4.69) is 41.3 Å². The fraction of sp³-hybridized carbons (Fsp3) is 0.471. The quantitative estimate of drug-likeness (QED) is 0.213. The highest BCUT2D eigenvalue weighted by atomic mass is 127. The highest BCUT2D eigenvalue weighted by Gasteiger charge is 1.98. The molecule has 0 amide bonds. The van der Waals surface area contributed by atoms with Gasteiger partial charge in [-0.05, 0) is 30.5 Å². The summed E-state index contributed by atoms with van der Waals surface area (Å²) in [5.74, 6) is 1.75. The van der Waals surface area contributed by atoms with Gasteiger partial charge in [-0.2, -0.15) is 0 Å². The summed E-state index contributed by atoms with van der Waals surface area (Å²) in [4.78, 5) is 4.14. The van der Waals surface area contributed by atoms with Crippen LogP contribution in [0.25, 0.3) is 0 Å². The molecule has 0 saturated carbocycles. The van der Waals surface area contributed by atoms with E-state index in [1.807, 2.05) is 18.2 Å². The van der Waals surface area contributed by atoms with Gasteiger partial charge in [-0.3, -0.25) is 4.99 Å². The van der Waals surface area contributed by atoms with Crippen LogP contribution in [0.5, 0.6) is 5.75 Å². The molecule has 0 saturated heterocycles. The van der Waals surface area contributed by atoms with E-state index < -0.39 is 0 Å². The van der Waals surface area contributed by atoms with Crippen LogP contribution >= 0.6 is 24.0 Å². The van der Waals surface area contributed by atoms with Gasteiger partial charge in [0.25, 0.3) is 0 Å². The van der Waals surface area contributed by atoms with Crippen molar-refractivity contribution in [2.75, 3.05) is 26.7 Å². The van der Waals surface area contributed by atoms with E-state index in [9.17, 15) is 0 Å². The van der Waals surface area contributed by atoms with E-state index in [1.54, 1.807) is 7.05 Å². The first-order valence-corrected chi connectivity index (χ1v) is 7.57. The summed E-state index contributed by atoms with van der Waals surface area (Å²) in [7, 11) is 1.76. The monoisotopic (exact) mass is 417 g/mol. The fourth-order valence-electron chi connectivity index (χ4n) is 1.80. The lowest BCUT2D eigenvalue weighted by Crippen LogP contribution is -2.38. The zero-order valence-electron chi connectivity index (χ0n) is 13.6. The molecule has 2 N–H and O–H groups in total. The number of unbranched alkanes of at least 4 members (excludes halogenated alkanes) is 1. The van der Waals surface area contributed by atoms with Crippen molar-refractivity contribution in [2.45, 2.75) is 26.2 Å². The molecule has 1 aromatic rings. The third-order valence-corrected chi connectivity index (χ3v) is 3.03. The van der Waals surface area contributed by atoms with Crippen LogP contribution in [-0.4, -0.2) is 32.7 Å². The maximum atomic E-state index is 5.65. The number of ether oxygens (including phenoxy) is 1. The third kappa shape index (κ3) is 8.92. The second kappa shape index (κ2) is 13.4. The first kappa shape index (κ1) is 20.8. The molecule has 0 fully saturated rings. The van der Waals surface area contributed by atoms with E-state index >= 15 is 0 Å². The summed E-state index contributed by atoms with van der Waals surface area (Å²) in [6, 6.07) is 8.30. The highest BCUT2D eigenvalue weighted by molar-refractivity contribution is 14.0. The number of nitrogens with one attached hydrogen (secondary N) is 2. The van der Waals surface area contributed by atoms with Crippen LogP contribution < -0.4 is 15.4 Å². The van der Waals surface area contributed by atoms with Gasteiger partial charge >= 0.3 is 0 Å². The van der Waals surface area contributed by atoms with E-state index in [4.69, 9.17) is 4.74 Å². The molecule has 1 rings (SSSR count). The van der Waals surface area contributed by atoms with Gasteiger partial charge in [-0.25, -0.2) is 0 Å². The molecule has 0 aliphatic rings. The molecular formula is C17H28IN3O. The summed E-state index contributed by atoms with van der Waals surface area (Å²) in [6.07, 6.45) is 5.02. The molecule has 4 nitrogen and oxygen atoms in total. The number of nitrogens with zero attached hydrogens (tertiary/aromatic N) is 1. The van der Waals surface area contributed by atoms with Gasteiger partial charge < -0.3 is 15.4 Å². The number of hydrogen-bond donors (Lipinski definition) is 2. The molecule has 0 aliphatic heterocycles. The van der Waals surface area contributed by atoms with Crippen molar-refractivity contribution in [3.63, 3.8) is 0 Å². The van der Waals surface area contributed by atoms with E-state index in [0.717, 1.165) is 44.1 Å². The first-order valence-electron chi connectivity index (χ1n) is 7.57. The maximum Gasteiger partial charge on any atom is 0.191 e. The number of hydrogen-bond acceptors (Lipinski definition) is 2. The molecule has 0 aromatic heterocycles. The topological polar surface area (TPSA) is 45.7 Å². The zero-order valence-corrected chi connectivity index (χ0v) is 15.9. The van der Waals surface area contributed by atoms with E-state index in [1.165, 1.54) is 5.56 Å². The highest BCUT2D eigenvalue weighted by Crippen LogP contribution is 2.12. The summed E-state index contributed by atoms with van der Waals surface area (Å²) in [6.45, 7) is 8.18. The molecule has 0 unspecified atom stereocenters. The van der Waals surface area contributed by atoms with Crippen LogP contribution in [0, 0.1) is 0 Å². The lowest BCUT2D eigenvalue weighted by Gasteiger charge is -2.10. The minimum atomic E-state index is 0. The Kier molecular flexibility index (Phi) is 12.7. The van der Waals surface area contributed by atoms with Gasteiger partial charge in [0.15, 0.2) is 5.96 Å². The lowest BCUT2D eigenvalue weighted by atomic mass is 10.1. The van der Waals surface area contributed by atoms with Crippen molar-refractivity contribution in [3.05, 3.63) is 42.5 Å². The number of guanidine groups is 1. The molecule has 124 valence electrons. The molecule has 1 aromatic carbocycles. The van der Waals surface area contributed by atoms with Crippen LogP contribution in [-0.2, 0) is 6.42 Å². The van der Waals surface area contributed by atoms with Crippen molar-refractivity contribution in [3.8, 4) is 5.75 Å². The Morgan fingerprint density at radius 2 is 2.00 bits per heavy atom. The molecule has 0 atom stereocenters. The Morgan fingerprint density at radius 1 is 1.27 bits per heavy atom. The van der Waals surface area contributed by atoms with Crippen molar-refractivity contribution >= 4 is 29.9 Å².